The van der Waals surface area contributed by atoms with E-state index in [1.54, 1.807) is 7.11 Å². The molecule has 2 bridgehead atoms. The van der Waals surface area contributed by atoms with Crippen molar-refractivity contribution in [3.8, 4) is 0 Å². The summed E-state index contributed by atoms with van der Waals surface area (Å²) in [6, 6.07) is 0.135. The summed E-state index contributed by atoms with van der Waals surface area (Å²) in [5.74, 6) is 2.64. The summed E-state index contributed by atoms with van der Waals surface area (Å²) in [7, 11) is 1.67. The third-order valence-electron chi connectivity index (χ3n) is 4.16. The molecule has 3 nitrogen and oxygen atoms in total. The van der Waals surface area contributed by atoms with Crippen LogP contribution in [0.25, 0.3) is 0 Å². The summed E-state index contributed by atoms with van der Waals surface area (Å²) in [5, 5.41) is 3.00. The zero-order valence-corrected chi connectivity index (χ0v) is 10.4. The fourth-order valence-corrected chi connectivity index (χ4v) is 3.49. The van der Waals surface area contributed by atoms with Gasteiger partial charge in [0.15, 0.2) is 0 Å². The van der Waals surface area contributed by atoms with E-state index in [1.165, 1.54) is 25.7 Å². The predicted octanol–water partition coefficient (Wildman–Crippen LogP) is 1.96. The minimum absolute atomic E-state index is 0.135. The largest absolute Gasteiger partial charge is 0.383 e. The summed E-state index contributed by atoms with van der Waals surface area (Å²) < 4.78 is 5.01. The average molecular weight is 225 g/mol. The van der Waals surface area contributed by atoms with Gasteiger partial charge < -0.3 is 10.1 Å². The molecule has 2 rings (SSSR count). The summed E-state index contributed by atoms with van der Waals surface area (Å²) in [6.45, 7) is 2.59. The Morgan fingerprint density at radius 1 is 1.44 bits per heavy atom. The highest BCUT2D eigenvalue weighted by molar-refractivity contribution is 5.76. The normalized spacial score (nSPS) is 34.0. The highest BCUT2D eigenvalue weighted by Crippen LogP contribution is 2.49. The molecule has 3 heteroatoms. The number of methoxy groups -OCH3 is 1. The van der Waals surface area contributed by atoms with Crippen LogP contribution in [-0.4, -0.2) is 25.7 Å². The van der Waals surface area contributed by atoms with E-state index in [0.29, 0.717) is 12.5 Å². The molecule has 0 spiro atoms. The Balaban J connectivity index is 1.71. The van der Waals surface area contributed by atoms with E-state index in [1.807, 2.05) is 6.92 Å². The van der Waals surface area contributed by atoms with Crippen molar-refractivity contribution in [3.63, 3.8) is 0 Å². The first kappa shape index (κ1) is 11.9. The Hall–Kier alpha value is -0.570. The van der Waals surface area contributed by atoms with Crippen LogP contribution in [0.1, 0.15) is 39.0 Å². The summed E-state index contributed by atoms with van der Waals surface area (Å²) in [6.07, 6.45) is 6.16. The molecule has 0 heterocycles. The van der Waals surface area contributed by atoms with E-state index in [4.69, 9.17) is 4.74 Å². The smallest absolute Gasteiger partial charge is 0.220 e. The van der Waals surface area contributed by atoms with Crippen molar-refractivity contribution in [1.82, 2.24) is 5.32 Å². The molecule has 0 saturated heterocycles. The Morgan fingerprint density at radius 3 is 2.81 bits per heavy atom. The molecule has 0 aromatic carbocycles. The van der Waals surface area contributed by atoms with Crippen molar-refractivity contribution in [1.29, 1.82) is 0 Å². The van der Waals surface area contributed by atoms with Gasteiger partial charge in [-0.05, 0) is 43.9 Å². The molecule has 4 atom stereocenters. The Labute approximate surface area is 97.9 Å². The van der Waals surface area contributed by atoms with E-state index in [-0.39, 0.29) is 11.9 Å². The molecule has 0 aromatic rings. The Bertz CT molecular complexity index is 254. The van der Waals surface area contributed by atoms with Crippen LogP contribution in [-0.2, 0) is 9.53 Å². The summed E-state index contributed by atoms with van der Waals surface area (Å²) in [5.41, 5.74) is 0. The maximum absolute atomic E-state index is 11.8. The second-order valence-electron chi connectivity index (χ2n) is 5.56. The lowest BCUT2D eigenvalue weighted by Gasteiger charge is -2.22. The molecule has 2 aliphatic rings. The minimum atomic E-state index is 0.135. The first-order valence-corrected chi connectivity index (χ1v) is 6.47. The van der Waals surface area contributed by atoms with Crippen molar-refractivity contribution >= 4 is 5.91 Å². The third-order valence-corrected chi connectivity index (χ3v) is 4.16. The van der Waals surface area contributed by atoms with Crippen LogP contribution in [0.3, 0.4) is 0 Å². The molecule has 0 aromatic heterocycles. The number of hydrogen-bond acceptors (Lipinski definition) is 2. The van der Waals surface area contributed by atoms with E-state index in [9.17, 15) is 4.79 Å². The molecule has 1 amide bonds. The number of fused-ring (bicyclic) bond motifs is 2. The lowest BCUT2D eigenvalue weighted by Crippen LogP contribution is -2.37. The SMILES string of the molecule is COC[C@@H](C)NC(=O)C[C@H]1C[C@H]2CC[C@H]1C2. The second-order valence-corrected chi connectivity index (χ2v) is 5.56. The van der Waals surface area contributed by atoms with Gasteiger partial charge in [0.1, 0.15) is 0 Å². The van der Waals surface area contributed by atoms with Crippen LogP contribution in [0.15, 0.2) is 0 Å². The van der Waals surface area contributed by atoms with Crippen molar-refractivity contribution in [2.75, 3.05) is 13.7 Å². The van der Waals surface area contributed by atoms with Gasteiger partial charge in [0.05, 0.1) is 6.61 Å². The van der Waals surface area contributed by atoms with Crippen LogP contribution >= 0.6 is 0 Å². The lowest BCUT2D eigenvalue weighted by molar-refractivity contribution is -0.123. The van der Waals surface area contributed by atoms with E-state index >= 15 is 0 Å². The molecule has 2 fully saturated rings. The van der Waals surface area contributed by atoms with Crippen LogP contribution in [0.2, 0.25) is 0 Å². The number of nitrogens with one attached hydrogen (secondary N) is 1. The van der Waals surface area contributed by atoms with Crippen LogP contribution in [0.5, 0.6) is 0 Å². The monoisotopic (exact) mass is 225 g/mol. The molecular formula is C13H23NO2. The number of carbonyl (C=O) groups is 1. The zero-order valence-electron chi connectivity index (χ0n) is 10.4. The third kappa shape index (κ3) is 2.76. The number of amides is 1. The van der Waals surface area contributed by atoms with Crippen molar-refractivity contribution < 1.29 is 9.53 Å². The molecule has 2 aliphatic carbocycles. The van der Waals surface area contributed by atoms with Crippen LogP contribution < -0.4 is 5.32 Å². The Morgan fingerprint density at radius 2 is 2.25 bits per heavy atom. The van der Waals surface area contributed by atoms with Crippen LogP contribution in [0.4, 0.5) is 0 Å². The number of hydrogen-bond donors (Lipinski definition) is 1. The first-order chi connectivity index (χ1) is 7.69. The molecule has 2 saturated carbocycles. The van der Waals surface area contributed by atoms with Crippen molar-refractivity contribution in [2.45, 2.75) is 45.1 Å². The topological polar surface area (TPSA) is 38.3 Å². The second kappa shape index (κ2) is 5.17. The van der Waals surface area contributed by atoms with Gasteiger partial charge in [-0.1, -0.05) is 6.42 Å². The van der Waals surface area contributed by atoms with Gasteiger partial charge in [-0.25, -0.2) is 0 Å². The zero-order chi connectivity index (χ0) is 11.5. The molecule has 16 heavy (non-hydrogen) atoms. The molecule has 0 radical (unpaired) electrons. The van der Waals surface area contributed by atoms with E-state index < -0.39 is 0 Å². The number of carbonyl (C=O) groups excluding carboxylic acids is 1. The maximum Gasteiger partial charge on any atom is 0.220 e. The Kier molecular flexibility index (Phi) is 3.85. The average Bonchev–Trinajstić information content (AvgIpc) is 2.78. The molecule has 0 aliphatic heterocycles. The molecule has 1 N–H and O–H groups in total. The first-order valence-electron chi connectivity index (χ1n) is 6.47. The summed E-state index contributed by atoms with van der Waals surface area (Å²) >= 11 is 0. The molecular weight excluding hydrogens is 202 g/mol. The standard InChI is InChI=1S/C13H23NO2/c1-9(8-16-2)14-13(15)7-12-6-10-3-4-11(12)5-10/h9-12H,3-8H2,1-2H3,(H,14,15)/t9-,10+,11+,12-/m1/s1. The maximum atomic E-state index is 11.8. The van der Waals surface area contributed by atoms with Gasteiger partial charge in [0.25, 0.3) is 0 Å². The highest BCUT2D eigenvalue weighted by Gasteiger charge is 2.40. The predicted molar refractivity (Wildman–Crippen MR) is 63.0 cm³/mol. The van der Waals surface area contributed by atoms with Crippen LogP contribution in [0, 0.1) is 17.8 Å². The fraction of sp³-hybridized carbons (Fsp3) is 0.923. The minimum Gasteiger partial charge on any atom is -0.383 e. The lowest BCUT2D eigenvalue weighted by atomic mass is 9.86. The van der Waals surface area contributed by atoms with Gasteiger partial charge in [0.2, 0.25) is 5.91 Å². The van der Waals surface area contributed by atoms with Gasteiger partial charge in [0, 0.05) is 19.6 Å². The van der Waals surface area contributed by atoms with E-state index in [0.717, 1.165) is 18.3 Å². The van der Waals surface area contributed by atoms with Gasteiger partial charge in [-0.2, -0.15) is 0 Å². The van der Waals surface area contributed by atoms with Gasteiger partial charge >= 0.3 is 0 Å². The number of ether oxygens (including phenoxy) is 1. The molecule has 92 valence electrons. The quantitative estimate of drug-likeness (QED) is 0.777. The van der Waals surface area contributed by atoms with Gasteiger partial charge in [-0.15, -0.1) is 0 Å². The number of rotatable bonds is 5. The van der Waals surface area contributed by atoms with Crippen molar-refractivity contribution in [3.05, 3.63) is 0 Å². The fourth-order valence-electron chi connectivity index (χ4n) is 3.49. The van der Waals surface area contributed by atoms with Crippen molar-refractivity contribution in [2.24, 2.45) is 17.8 Å². The summed E-state index contributed by atoms with van der Waals surface area (Å²) in [4.78, 5) is 11.8. The van der Waals surface area contributed by atoms with E-state index in [2.05, 4.69) is 5.32 Å². The highest BCUT2D eigenvalue weighted by atomic mass is 16.5. The van der Waals surface area contributed by atoms with Gasteiger partial charge in [-0.3, -0.25) is 4.79 Å². The molecule has 0 unspecified atom stereocenters.